The van der Waals surface area contributed by atoms with Crippen LogP contribution in [0.15, 0.2) is 10.5 Å². The largest absolute Gasteiger partial charge is 0.395 e. The van der Waals surface area contributed by atoms with Crippen molar-refractivity contribution in [3.8, 4) is 0 Å². The van der Waals surface area contributed by atoms with Crippen molar-refractivity contribution in [1.29, 1.82) is 0 Å². The van der Waals surface area contributed by atoms with Crippen LogP contribution in [0.5, 0.6) is 0 Å². The molecule has 0 atom stereocenters. The van der Waals surface area contributed by atoms with Crippen molar-refractivity contribution in [3.05, 3.63) is 22.2 Å². The minimum absolute atomic E-state index is 0.0671. The third-order valence-electron chi connectivity index (χ3n) is 1.13. The van der Waals surface area contributed by atoms with E-state index in [1.54, 1.807) is 6.92 Å². The molecule has 0 amide bonds. The van der Waals surface area contributed by atoms with Crippen molar-refractivity contribution >= 4 is 21.6 Å². The van der Waals surface area contributed by atoms with Gasteiger partial charge in [0, 0.05) is 4.47 Å². The van der Waals surface area contributed by atoms with Gasteiger partial charge in [-0.05, 0) is 28.9 Å². The van der Waals surface area contributed by atoms with Crippen LogP contribution >= 0.6 is 15.9 Å². The van der Waals surface area contributed by atoms with Gasteiger partial charge in [-0.2, -0.15) is 4.39 Å². The number of halogens is 2. The van der Waals surface area contributed by atoms with Crippen LogP contribution in [0.1, 0.15) is 5.69 Å². The Balaban J connectivity index is 3.28. The Bertz CT molecular complexity index is 212. The summed E-state index contributed by atoms with van der Waals surface area (Å²) >= 11 is 3.17. The lowest BCUT2D eigenvalue weighted by Gasteiger charge is -1.98. The molecule has 0 saturated carbocycles. The first-order valence-electron chi connectivity index (χ1n) is 2.69. The van der Waals surface area contributed by atoms with Gasteiger partial charge >= 0.3 is 0 Å². The number of nitrogens with two attached hydrogens (primary N) is 1. The molecule has 0 spiro atoms. The molecule has 0 aliphatic heterocycles. The van der Waals surface area contributed by atoms with Gasteiger partial charge in [-0.25, -0.2) is 4.98 Å². The van der Waals surface area contributed by atoms with Gasteiger partial charge in [0.25, 0.3) is 0 Å². The van der Waals surface area contributed by atoms with E-state index in [-0.39, 0.29) is 5.69 Å². The van der Waals surface area contributed by atoms with Crippen molar-refractivity contribution in [2.24, 2.45) is 0 Å². The van der Waals surface area contributed by atoms with Gasteiger partial charge in [-0.15, -0.1) is 0 Å². The fourth-order valence-electron chi connectivity index (χ4n) is 0.566. The number of aromatic nitrogens is 1. The second kappa shape index (κ2) is 2.54. The molecular weight excluding hydrogens is 199 g/mol. The molecule has 1 aromatic rings. The van der Waals surface area contributed by atoms with E-state index in [4.69, 9.17) is 5.73 Å². The molecule has 2 nitrogen and oxygen atoms in total. The van der Waals surface area contributed by atoms with E-state index in [1.165, 1.54) is 6.07 Å². The molecule has 0 aromatic carbocycles. The Hall–Kier alpha value is -0.640. The molecule has 0 bridgehead atoms. The van der Waals surface area contributed by atoms with Gasteiger partial charge < -0.3 is 5.73 Å². The lowest BCUT2D eigenvalue weighted by molar-refractivity contribution is 0.584. The fraction of sp³-hybridized carbons (Fsp3) is 0.167. The van der Waals surface area contributed by atoms with Crippen molar-refractivity contribution < 1.29 is 4.39 Å². The summed E-state index contributed by atoms with van der Waals surface area (Å²) in [6.45, 7) is 1.70. The van der Waals surface area contributed by atoms with E-state index in [9.17, 15) is 4.39 Å². The van der Waals surface area contributed by atoms with E-state index >= 15 is 0 Å². The number of aryl methyl sites for hydroxylation is 1. The normalized spacial score (nSPS) is 9.90. The summed E-state index contributed by atoms with van der Waals surface area (Å²) in [5.74, 6) is -0.610. The van der Waals surface area contributed by atoms with Crippen molar-refractivity contribution in [2.75, 3.05) is 5.73 Å². The first-order chi connectivity index (χ1) is 4.61. The van der Waals surface area contributed by atoms with E-state index in [0.717, 1.165) is 4.47 Å². The second-order valence-corrected chi connectivity index (χ2v) is 2.79. The van der Waals surface area contributed by atoms with Gasteiger partial charge in [0.1, 0.15) is 0 Å². The number of rotatable bonds is 0. The number of nitrogen functional groups attached to an aromatic ring is 1. The predicted molar refractivity (Wildman–Crippen MR) is 41.0 cm³/mol. The molecule has 0 saturated heterocycles. The van der Waals surface area contributed by atoms with Gasteiger partial charge in [-0.1, -0.05) is 0 Å². The summed E-state index contributed by atoms with van der Waals surface area (Å²) in [5.41, 5.74) is 5.89. The lowest BCUT2D eigenvalue weighted by atomic mass is 10.3. The van der Waals surface area contributed by atoms with E-state index in [2.05, 4.69) is 20.9 Å². The molecule has 1 heterocycles. The lowest BCUT2D eigenvalue weighted by Crippen LogP contribution is -1.96. The van der Waals surface area contributed by atoms with Crippen molar-refractivity contribution in [3.63, 3.8) is 0 Å². The zero-order chi connectivity index (χ0) is 7.72. The number of anilines is 1. The first kappa shape index (κ1) is 7.47. The van der Waals surface area contributed by atoms with Crippen LogP contribution in [-0.2, 0) is 0 Å². The maximum Gasteiger partial charge on any atom is 0.236 e. The average Bonchev–Trinajstić information content (AvgIpc) is 1.84. The van der Waals surface area contributed by atoms with E-state index in [0.29, 0.717) is 5.69 Å². The van der Waals surface area contributed by atoms with Crippen LogP contribution in [0.25, 0.3) is 0 Å². The summed E-state index contributed by atoms with van der Waals surface area (Å²) < 4.78 is 13.2. The van der Waals surface area contributed by atoms with Gasteiger partial charge in [0.15, 0.2) is 0 Å². The minimum Gasteiger partial charge on any atom is -0.395 e. The first-order valence-corrected chi connectivity index (χ1v) is 3.48. The number of hydrogen-bond acceptors (Lipinski definition) is 2. The third kappa shape index (κ3) is 1.26. The van der Waals surface area contributed by atoms with Gasteiger partial charge in [-0.3, -0.25) is 0 Å². The number of hydrogen-bond donors (Lipinski definition) is 1. The molecule has 10 heavy (non-hydrogen) atoms. The Morgan fingerprint density at radius 3 is 2.80 bits per heavy atom. The highest BCUT2D eigenvalue weighted by molar-refractivity contribution is 9.10. The zero-order valence-corrected chi connectivity index (χ0v) is 6.94. The molecule has 0 radical (unpaired) electrons. The molecule has 54 valence electrons. The maximum absolute atomic E-state index is 12.5. The molecule has 1 aromatic heterocycles. The monoisotopic (exact) mass is 204 g/mol. The summed E-state index contributed by atoms with van der Waals surface area (Å²) in [5, 5.41) is 0. The van der Waals surface area contributed by atoms with Crippen molar-refractivity contribution in [2.45, 2.75) is 6.92 Å². The molecule has 1 rings (SSSR count). The summed E-state index contributed by atoms with van der Waals surface area (Å²) in [6, 6.07) is 1.50. The Kier molecular flexibility index (Phi) is 1.89. The van der Waals surface area contributed by atoms with Gasteiger partial charge in [0.2, 0.25) is 5.95 Å². The third-order valence-corrected chi connectivity index (χ3v) is 1.93. The van der Waals surface area contributed by atoms with Crippen LogP contribution < -0.4 is 5.73 Å². The summed E-state index contributed by atoms with van der Waals surface area (Å²) in [6.07, 6.45) is 0. The smallest absolute Gasteiger partial charge is 0.236 e. The summed E-state index contributed by atoms with van der Waals surface area (Å²) in [4.78, 5) is 3.53. The molecule has 2 N–H and O–H groups in total. The fourth-order valence-corrected chi connectivity index (χ4v) is 0.901. The standard InChI is InChI=1S/C6H6BrFN2/c1-3-4(7)2-5(9)6(8)10-3/h2H,9H2,1H3. The Labute approximate surface area is 66.4 Å². The van der Waals surface area contributed by atoms with Gasteiger partial charge in [0.05, 0.1) is 11.4 Å². The van der Waals surface area contributed by atoms with Crippen LogP contribution in [0.3, 0.4) is 0 Å². The van der Waals surface area contributed by atoms with E-state index < -0.39 is 5.95 Å². The predicted octanol–water partition coefficient (Wildman–Crippen LogP) is 1.87. The average molecular weight is 205 g/mol. The molecular formula is C6H6BrFN2. The van der Waals surface area contributed by atoms with Crippen molar-refractivity contribution in [1.82, 2.24) is 4.98 Å². The highest BCUT2D eigenvalue weighted by Gasteiger charge is 2.02. The Morgan fingerprint density at radius 2 is 2.30 bits per heavy atom. The SMILES string of the molecule is Cc1nc(F)c(N)cc1Br. The maximum atomic E-state index is 12.5. The molecule has 0 fully saturated rings. The number of nitrogens with zero attached hydrogens (tertiary/aromatic N) is 1. The molecule has 0 aliphatic rings. The highest BCUT2D eigenvalue weighted by Crippen LogP contribution is 2.18. The van der Waals surface area contributed by atoms with Crippen LogP contribution in [0.4, 0.5) is 10.1 Å². The Morgan fingerprint density at radius 1 is 1.70 bits per heavy atom. The second-order valence-electron chi connectivity index (χ2n) is 1.94. The topological polar surface area (TPSA) is 38.9 Å². The zero-order valence-electron chi connectivity index (χ0n) is 5.36. The number of pyridine rings is 1. The minimum atomic E-state index is -0.610. The quantitative estimate of drug-likeness (QED) is 0.656. The molecule has 4 heteroatoms. The van der Waals surface area contributed by atoms with Crippen LogP contribution in [0, 0.1) is 12.9 Å². The van der Waals surface area contributed by atoms with Crippen LogP contribution in [0.2, 0.25) is 0 Å². The summed E-state index contributed by atoms with van der Waals surface area (Å²) in [7, 11) is 0. The molecule has 0 aliphatic carbocycles. The van der Waals surface area contributed by atoms with Crippen LogP contribution in [-0.4, -0.2) is 4.98 Å². The van der Waals surface area contributed by atoms with E-state index in [1.807, 2.05) is 0 Å². The highest BCUT2D eigenvalue weighted by atomic mass is 79.9. The molecule has 0 unspecified atom stereocenters.